The van der Waals surface area contributed by atoms with Gasteiger partial charge in [-0.3, -0.25) is 14.9 Å². The van der Waals surface area contributed by atoms with Gasteiger partial charge in [0.25, 0.3) is 5.91 Å². The standard InChI is InChI=1S/C18H13BrClN5O2/c19-11-3-7-13(8-4-11)21-15(26)9-14-17(27)23-18-22-16(24-25(14)18)10-1-5-12(20)6-2-10/h1-8,14H,9H2,(H,21,26)(H,22,23,24,27). The lowest BCUT2D eigenvalue weighted by atomic mass is 10.2. The molecule has 0 spiro atoms. The van der Waals surface area contributed by atoms with Crippen molar-refractivity contribution in [2.45, 2.75) is 12.5 Å². The number of fused-ring (bicyclic) bond motifs is 1. The van der Waals surface area contributed by atoms with Crippen LogP contribution >= 0.6 is 27.5 Å². The van der Waals surface area contributed by atoms with Crippen LogP contribution in [0.3, 0.4) is 0 Å². The number of nitrogens with one attached hydrogen (secondary N) is 2. The van der Waals surface area contributed by atoms with Gasteiger partial charge in [0, 0.05) is 20.7 Å². The van der Waals surface area contributed by atoms with E-state index in [1.165, 1.54) is 4.68 Å². The SMILES string of the molecule is O=C(CC1C(=O)Nc2nc(-c3ccc(Cl)cc3)nn21)Nc1ccc(Br)cc1. The van der Waals surface area contributed by atoms with E-state index in [0.717, 1.165) is 10.0 Å². The number of rotatable bonds is 4. The first-order chi connectivity index (χ1) is 13.0. The van der Waals surface area contributed by atoms with E-state index in [-0.39, 0.29) is 18.2 Å². The molecule has 2 aromatic carbocycles. The molecule has 0 fully saturated rings. The highest BCUT2D eigenvalue weighted by molar-refractivity contribution is 9.10. The average Bonchev–Trinajstić information content (AvgIpc) is 3.17. The number of hydrogen-bond acceptors (Lipinski definition) is 4. The van der Waals surface area contributed by atoms with Gasteiger partial charge in [-0.15, -0.1) is 5.10 Å². The summed E-state index contributed by atoms with van der Waals surface area (Å²) in [5.41, 5.74) is 1.43. The summed E-state index contributed by atoms with van der Waals surface area (Å²) in [5, 5.41) is 10.4. The summed E-state index contributed by atoms with van der Waals surface area (Å²) >= 11 is 9.24. The molecule has 27 heavy (non-hydrogen) atoms. The number of hydrogen-bond donors (Lipinski definition) is 2. The molecule has 4 rings (SSSR count). The van der Waals surface area contributed by atoms with Crippen molar-refractivity contribution in [1.29, 1.82) is 0 Å². The van der Waals surface area contributed by atoms with Crippen molar-refractivity contribution in [3.8, 4) is 11.4 Å². The van der Waals surface area contributed by atoms with E-state index < -0.39 is 6.04 Å². The number of aromatic nitrogens is 3. The number of amides is 2. The predicted octanol–water partition coefficient (Wildman–Crippen LogP) is 3.88. The van der Waals surface area contributed by atoms with E-state index in [2.05, 4.69) is 36.6 Å². The highest BCUT2D eigenvalue weighted by Crippen LogP contribution is 2.29. The molecule has 1 aromatic heterocycles. The van der Waals surface area contributed by atoms with Gasteiger partial charge >= 0.3 is 0 Å². The first kappa shape index (κ1) is 17.7. The fourth-order valence-corrected chi connectivity index (χ4v) is 3.14. The molecular formula is C18H13BrClN5O2. The minimum atomic E-state index is -0.746. The van der Waals surface area contributed by atoms with E-state index in [1.54, 1.807) is 36.4 Å². The Balaban J connectivity index is 1.51. The third kappa shape index (κ3) is 3.72. The van der Waals surface area contributed by atoms with Gasteiger partial charge in [0.1, 0.15) is 6.04 Å². The van der Waals surface area contributed by atoms with E-state index >= 15 is 0 Å². The van der Waals surface area contributed by atoms with Crippen molar-refractivity contribution in [2.75, 3.05) is 10.6 Å². The molecule has 0 saturated heterocycles. The summed E-state index contributed by atoms with van der Waals surface area (Å²) in [4.78, 5) is 28.9. The smallest absolute Gasteiger partial charge is 0.252 e. The Morgan fingerprint density at radius 1 is 1.19 bits per heavy atom. The number of halogens is 2. The summed E-state index contributed by atoms with van der Waals surface area (Å²) in [6.45, 7) is 0. The Bertz CT molecular complexity index is 1020. The molecule has 0 aliphatic carbocycles. The minimum absolute atomic E-state index is 0.0433. The second-order valence-corrected chi connectivity index (χ2v) is 7.33. The Labute approximate surface area is 167 Å². The molecule has 1 atom stereocenters. The molecule has 3 aromatic rings. The van der Waals surface area contributed by atoms with Crippen molar-refractivity contribution < 1.29 is 9.59 Å². The first-order valence-electron chi connectivity index (χ1n) is 8.08. The van der Waals surface area contributed by atoms with Crippen LogP contribution in [0.5, 0.6) is 0 Å². The van der Waals surface area contributed by atoms with Crippen LogP contribution < -0.4 is 10.6 Å². The fraction of sp³-hybridized carbons (Fsp3) is 0.111. The van der Waals surface area contributed by atoms with Crippen LogP contribution in [0.25, 0.3) is 11.4 Å². The summed E-state index contributed by atoms with van der Waals surface area (Å²) in [6.07, 6.45) is -0.0433. The maximum absolute atomic E-state index is 12.3. The molecular weight excluding hydrogens is 434 g/mol. The predicted molar refractivity (Wildman–Crippen MR) is 106 cm³/mol. The third-order valence-corrected chi connectivity index (χ3v) is 4.85. The van der Waals surface area contributed by atoms with Crippen molar-refractivity contribution >= 4 is 51.0 Å². The number of benzene rings is 2. The number of anilines is 2. The minimum Gasteiger partial charge on any atom is -0.326 e. The Morgan fingerprint density at radius 2 is 1.89 bits per heavy atom. The molecule has 1 aliphatic rings. The zero-order valence-electron chi connectivity index (χ0n) is 13.8. The number of nitrogens with zero attached hydrogens (tertiary/aromatic N) is 3. The molecule has 9 heteroatoms. The maximum atomic E-state index is 12.3. The van der Waals surface area contributed by atoms with Gasteiger partial charge in [0.05, 0.1) is 6.42 Å². The van der Waals surface area contributed by atoms with Gasteiger partial charge in [-0.2, -0.15) is 4.98 Å². The van der Waals surface area contributed by atoms with E-state index in [4.69, 9.17) is 11.6 Å². The highest BCUT2D eigenvalue weighted by Gasteiger charge is 2.35. The van der Waals surface area contributed by atoms with Crippen molar-refractivity contribution in [1.82, 2.24) is 14.8 Å². The molecule has 7 nitrogen and oxygen atoms in total. The Morgan fingerprint density at radius 3 is 2.59 bits per heavy atom. The largest absolute Gasteiger partial charge is 0.326 e. The highest BCUT2D eigenvalue weighted by atomic mass is 79.9. The van der Waals surface area contributed by atoms with E-state index in [1.807, 2.05) is 12.1 Å². The molecule has 0 bridgehead atoms. The fourth-order valence-electron chi connectivity index (χ4n) is 2.75. The lowest BCUT2D eigenvalue weighted by Gasteiger charge is -2.10. The Hall–Kier alpha value is -2.71. The lowest BCUT2D eigenvalue weighted by molar-refractivity contribution is -0.123. The lowest BCUT2D eigenvalue weighted by Crippen LogP contribution is -2.23. The zero-order chi connectivity index (χ0) is 19.0. The van der Waals surface area contributed by atoms with Gasteiger partial charge in [0.2, 0.25) is 11.9 Å². The molecule has 2 N–H and O–H groups in total. The zero-order valence-corrected chi connectivity index (χ0v) is 16.2. The second-order valence-electron chi connectivity index (χ2n) is 5.97. The van der Waals surface area contributed by atoms with Crippen molar-refractivity contribution in [3.63, 3.8) is 0 Å². The van der Waals surface area contributed by atoms with Crippen LogP contribution in [0, 0.1) is 0 Å². The average molecular weight is 447 g/mol. The van der Waals surface area contributed by atoms with Crippen LogP contribution in [0.15, 0.2) is 53.0 Å². The summed E-state index contributed by atoms with van der Waals surface area (Å²) in [7, 11) is 0. The van der Waals surface area contributed by atoms with Crippen LogP contribution in [-0.4, -0.2) is 26.6 Å². The maximum Gasteiger partial charge on any atom is 0.252 e. The van der Waals surface area contributed by atoms with Gasteiger partial charge in [-0.05, 0) is 48.5 Å². The second kappa shape index (κ2) is 7.13. The van der Waals surface area contributed by atoms with Crippen LogP contribution in [0.4, 0.5) is 11.6 Å². The quantitative estimate of drug-likeness (QED) is 0.636. The van der Waals surface area contributed by atoms with Crippen molar-refractivity contribution in [2.24, 2.45) is 0 Å². The van der Waals surface area contributed by atoms with Crippen LogP contribution in [0.2, 0.25) is 5.02 Å². The molecule has 0 radical (unpaired) electrons. The summed E-state index contributed by atoms with van der Waals surface area (Å²) < 4.78 is 2.37. The topological polar surface area (TPSA) is 88.9 Å². The molecule has 1 unspecified atom stereocenters. The molecule has 2 amide bonds. The van der Waals surface area contributed by atoms with E-state index in [9.17, 15) is 9.59 Å². The summed E-state index contributed by atoms with van der Waals surface area (Å²) in [6, 6.07) is 13.5. The number of carbonyl (C=O) groups is 2. The molecule has 2 heterocycles. The van der Waals surface area contributed by atoms with E-state index in [0.29, 0.717) is 22.5 Å². The summed E-state index contributed by atoms with van der Waals surface area (Å²) in [5.74, 6) is 0.193. The van der Waals surface area contributed by atoms with Crippen LogP contribution in [0.1, 0.15) is 12.5 Å². The monoisotopic (exact) mass is 445 g/mol. The van der Waals surface area contributed by atoms with Gasteiger partial charge in [-0.1, -0.05) is 27.5 Å². The van der Waals surface area contributed by atoms with Gasteiger partial charge in [0.15, 0.2) is 5.82 Å². The number of carbonyl (C=O) groups excluding carboxylic acids is 2. The third-order valence-electron chi connectivity index (χ3n) is 4.07. The van der Waals surface area contributed by atoms with Crippen LogP contribution in [-0.2, 0) is 9.59 Å². The molecule has 136 valence electrons. The normalized spacial score (nSPS) is 15.3. The Kier molecular flexibility index (Phi) is 4.67. The van der Waals surface area contributed by atoms with Gasteiger partial charge < -0.3 is 5.32 Å². The molecule has 1 aliphatic heterocycles. The van der Waals surface area contributed by atoms with Crippen molar-refractivity contribution in [3.05, 3.63) is 58.0 Å². The van der Waals surface area contributed by atoms with Gasteiger partial charge in [-0.25, -0.2) is 4.68 Å². The molecule has 0 saturated carbocycles. The first-order valence-corrected chi connectivity index (χ1v) is 9.25.